The van der Waals surface area contributed by atoms with Crippen LogP contribution in [0, 0.1) is 11.3 Å². The predicted molar refractivity (Wildman–Crippen MR) is 88.3 cm³/mol. The fourth-order valence-electron chi connectivity index (χ4n) is 4.14. The third-order valence-corrected chi connectivity index (χ3v) is 6.86. The van der Waals surface area contributed by atoms with Crippen LogP contribution in [0.15, 0.2) is 0 Å². The van der Waals surface area contributed by atoms with Crippen LogP contribution in [0.5, 0.6) is 0 Å². The molecule has 0 radical (unpaired) electrons. The zero-order chi connectivity index (χ0) is 15.3. The van der Waals surface area contributed by atoms with Gasteiger partial charge in [0, 0.05) is 19.6 Å². The molecule has 2 fully saturated rings. The first-order chi connectivity index (χ1) is 9.95. The second-order valence-corrected chi connectivity index (χ2v) is 9.57. The summed E-state index contributed by atoms with van der Waals surface area (Å²) in [6.45, 7) is 9.37. The normalized spacial score (nSPS) is 34.5. The Hall–Kier alpha value is -0.130. The molecule has 4 nitrogen and oxygen atoms in total. The first-order valence-corrected chi connectivity index (χ1v) is 10.4. The lowest BCUT2D eigenvalue weighted by molar-refractivity contribution is 0.0841. The van der Waals surface area contributed by atoms with Crippen LogP contribution in [-0.2, 0) is 9.84 Å². The molecule has 1 saturated heterocycles. The van der Waals surface area contributed by atoms with E-state index < -0.39 is 9.84 Å². The smallest absolute Gasteiger partial charge is 0.151 e. The average Bonchev–Trinajstić information content (AvgIpc) is 2.58. The fourth-order valence-corrected chi connectivity index (χ4v) is 5.45. The second-order valence-electron chi connectivity index (χ2n) is 7.26. The first-order valence-electron chi connectivity index (χ1n) is 8.58. The number of rotatable bonds is 5. The molecule has 2 unspecified atom stereocenters. The molecule has 1 aliphatic heterocycles. The van der Waals surface area contributed by atoms with Gasteiger partial charge in [-0.3, -0.25) is 0 Å². The van der Waals surface area contributed by atoms with E-state index in [4.69, 9.17) is 0 Å². The summed E-state index contributed by atoms with van der Waals surface area (Å²) in [4.78, 5) is 2.42. The molecule has 0 spiro atoms. The van der Waals surface area contributed by atoms with Gasteiger partial charge in [-0.05, 0) is 43.7 Å². The van der Waals surface area contributed by atoms with Gasteiger partial charge in [-0.15, -0.1) is 0 Å². The van der Waals surface area contributed by atoms with E-state index in [1.165, 1.54) is 25.7 Å². The van der Waals surface area contributed by atoms with Gasteiger partial charge in [0.15, 0.2) is 9.84 Å². The summed E-state index contributed by atoms with van der Waals surface area (Å²) in [5, 5.41) is 3.56. The number of hydrogen-bond donors (Lipinski definition) is 1. The van der Waals surface area contributed by atoms with E-state index >= 15 is 0 Å². The van der Waals surface area contributed by atoms with Gasteiger partial charge in [0.1, 0.15) is 0 Å². The largest absolute Gasteiger partial charge is 0.316 e. The summed E-state index contributed by atoms with van der Waals surface area (Å²) in [5.41, 5.74) is 0.349. The maximum absolute atomic E-state index is 11.8. The lowest BCUT2D eigenvalue weighted by Gasteiger charge is -2.43. The van der Waals surface area contributed by atoms with Crippen LogP contribution in [0.25, 0.3) is 0 Å². The molecule has 1 heterocycles. The molecule has 1 saturated carbocycles. The zero-order valence-corrected chi connectivity index (χ0v) is 14.6. The summed E-state index contributed by atoms with van der Waals surface area (Å²) in [7, 11) is -2.80. The molecular weight excluding hydrogens is 284 g/mol. The number of nitrogens with zero attached hydrogens (tertiary/aromatic N) is 1. The molecule has 2 atom stereocenters. The summed E-state index contributed by atoms with van der Waals surface area (Å²) < 4.78 is 23.5. The SMILES string of the molecule is CCNCC1(CN2CCCS(=O)(=O)CC2)CCCC(C)C1. The van der Waals surface area contributed by atoms with Gasteiger partial charge in [-0.1, -0.05) is 26.7 Å². The zero-order valence-electron chi connectivity index (χ0n) is 13.7. The van der Waals surface area contributed by atoms with E-state index in [0.29, 0.717) is 16.9 Å². The third kappa shape index (κ3) is 5.22. The maximum Gasteiger partial charge on any atom is 0.151 e. The Morgan fingerprint density at radius 3 is 2.76 bits per heavy atom. The highest BCUT2D eigenvalue weighted by molar-refractivity contribution is 7.91. The van der Waals surface area contributed by atoms with E-state index in [9.17, 15) is 8.42 Å². The quantitative estimate of drug-likeness (QED) is 0.842. The molecule has 21 heavy (non-hydrogen) atoms. The van der Waals surface area contributed by atoms with Crippen molar-refractivity contribution >= 4 is 9.84 Å². The van der Waals surface area contributed by atoms with Crippen molar-refractivity contribution in [3.8, 4) is 0 Å². The van der Waals surface area contributed by atoms with E-state index in [1.54, 1.807) is 0 Å². The standard InChI is InChI=1S/C16H32N2O2S/c1-3-17-13-16(7-4-6-15(2)12-16)14-18-8-5-10-21(19,20)11-9-18/h15,17H,3-14H2,1-2H3. The number of hydrogen-bond acceptors (Lipinski definition) is 4. The van der Waals surface area contributed by atoms with E-state index in [-0.39, 0.29) is 0 Å². The Kier molecular flexibility index (Phi) is 6.09. The highest BCUT2D eigenvalue weighted by Gasteiger charge is 2.36. The van der Waals surface area contributed by atoms with Gasteiger partial charge >= 0.3 is 0 Å². The van der Waals surface area contributed by atoms with Crippen molar-refractivity contribution in [3.63, 3.8) is 0 Å². The highest BCUT2D eigenvalue weighted by atomic mass is 32.2. The second kappa shape index (κ2) is 7.42. The summed E-state index contributed by atoms with van der Waals surface area (Å²) in [6, 6.07) is 0. The fraction of sp³-hybridized carbons (Fsp3) is 1.00. The molecule has 0 aromatic heterocycles. The summed E-state index contributed by atoms with van der Waals surface area (Å²) in [6.07, 6.45) is 6.03. The average molecular weight is 317 g/mol. The van der Waals surface area contributed by atoms with Gasteiger partial charge in [0.05, 0.1) is 11.5 Å². The number of sulfone groups is 1. The van der Waals surface area contributed by atoms with Gasteiger partial charge in [-0.25, -0.2) is 8.42 Å². The minimum Gasteiger partial charge on any atom is -0.316 e. The minimum absolute atomic E-state index is 0.347. The molecule has 1 N–H and O–H groups in total. The minimum atomic E-state index is -2.80. The van der Waals surface area contributed by atoms with Crippen molar-refractivity contribution in [1.29, 1.82) is 0 Å². The molecule has 0 amide bonds. The van der Waals surface area contributed by atoms with Crippen molar-refractivity contribution in [1.82, 2.24) is 10.2 Å². The summed E-state index contributed by atoms with van der Waals surface area (Å²) >= 11 is 0. The van der Waals surface area contributed by atoms with E-state index in [0.717, 1.165) is 45.1 Å². The lowest BCUT2D eigenvalue weighted by Crippen LogP contribution is -2.47. The third-order valence-electron chi connectivity index (χ3n) is 5.14. The molecule has 0 aromatic carbocycles. The molecule has 5 heteroatoms. The van der Waals surface area contributed by atoms with Crippen molar-refractivity contribution in [2.24, 2.45) is 11.3 Å². The molecule has 0 bridgehead atoms. The monoisotopic (exact) mass is 316 g/mol. The van der Waals surface area contributed by atoms with Gasteiger partial charge in [0.25, 0.3) is 0 Å². The Labute approximate surface area is 130 Å². The Bertz CT molecular complexity index is 424. The topological polar surface area (TPSA) is 49.4 Å². The van der Waals surface area contributed by atoms with Crippen LogP contribution < -0.4 is 5.32 Å². The van der Waals surface area contributed by atoms with Crippen molar-refractivity contribution < 1.29 is 8.42 Å². The Morgan fingerprint density at radius 1 is 1.24 bits per heavy atom. The molecule has 1 aliphatic carbocycles. The van der Waals surface area contributed by atoms with Crippen LogP contribution in [0.3, 0.4) is 0 Å². The highest BCUT2D eigenvalue weighted by Crippen LogP contribution is 2.39. The number of nitrogens with one attached hydrogen (secondary N) is 1. The van der Waals surface area contributed by atoms with Crippen LogP contribution in [0.2, 0.25) is 0 Å². The van der Waals surface area contributed by atoms with Crippen molar-refractivity contribution in [3.05, 3.63) is 0 Å². The Morgan fingerprint density at radius 2 is 2.05 bits per heavy atom. The Balaban J connectivity index is 2.00. The van der Waals surface area contributed by atoms with Gasteiger partial charge < -0.3 is 10.2 Å². The van der Waals surface area contributed by atoms with Gasteiger partial charge in [-0.2, -0.15) is 0 Å². The van der Waals surface area contributed by atoms with Crippen molar-refractivity contribution in [2.75, 3.05) is 44.2 Å². The van der Waals surface area contributed by atoms with E-state index in [2.05, 4.69) is 24.1 Å². The lowest BCUT2D eigenvalue weighted by atomic mass is 9.69. The summed E-state index contributed by atoms with van der Waals surface area (Å²) in [5.74, 6) is 1.52. The first kappa shape index (κ1) is 17.2. The maximum atomic E-state index is 11.8. The van der Waals surface area contributed by atoms with Crippen LogP contribution in [0.1, 0.15) is 46.0 Å². The van der Waals surface area contributed by atoms with Gasteiger partial charge in [0.2, 0.25) is 0 Å². The molecular formula is C16H32N2O2S. The molecule has 124 valence electrons. The molecule has 2 aliphatic rings. The predicted octanol–water partition coefficient (Wildman–Crippen LogP) is 1.91. The van der Waals surface area contributed by atoms with Crippen LogP contribution in [-0.4, -0.2) is 57.5 Å². The molecule has 2 rings (SSSR count). The molecule has 0 aromatic rings. The van der Waals surface area contributed by atoms with Crippen LogP contribution in [0.4, 0.5) is 0 Å². The van der Waals surface area contributed by atoms with Crippen LogP contribution >= 0.6 is 0 Å². The van der Waals surface area contributed by atoms with Crippen molar-refractivity contribution in [2.45, 2.75) is 46.0 Å². The van der Waals surface area contributed by atoms with E-state index in [1.807, 2.05) is 0 Å².